The number of ether oxygens (including phenoxy) is 2. The number of carbonyl (C=O) groups excluding carboxylic acids is 2. The molecule has 0 saturated heterocycles. The highest BCUT2D eigenvalue weighted by molar-refractivity contribution is 7.47. The van der Waals surface area contributed by atoms with Crippen molar-refractivity contribution in [3.8, 4) is 0 Å². The highest BCUT2D eigenvalue weighted by atomic mass is 31.2. The molecule has 10 heteroatoms. The number of phosphoric ester groups is 1. The molecule has 0 rings (SSSR count). The summed E-state index contributed by atoms with van der Waals surface area (Å²) in [5, 5.41) is 0. The Hall–Kier alpha value is -2.55. The van der Waals surface area contributed by atoms with Crippen molar-refractivity contribution in [2.45, 2.75) is 136 Å². The van der Waals surface area contributed by atoms with Crippen LogP contribution in [-0.4, -0.2) is 74.9 Å². The summed E-state index contributed by atoms with van der Waals surface area (Å²) in [4.78, 5) is 35.2. The Morgan fingerprint density at radius 1 is 0.615 bits per heavy atom. The van der Waals surface area contributed by atoms with Gasteiger partial charge in [-0.25, -0.2) is 4.57 Å². The van der Waals surface area contributed by atoms with Crippen LogP contribution in [0.1, 0.15) is 129 Å². The first kappa shape index (κ1) is 49.5. The largest absolute Gasteiger partial charge is 0.472 e. The summed E-state index contributed by atoms with van der Waals surface area (Å²) < 4.78 is 34.1. The van der Waals surface area contributed by atoms with Gasteiger partial charge in [-0.05, 0) is 77.0 Å². The summed E-state index contributed by atoms with van der Waals surface area (Å²) >= 11 is 0. The van der Waals surface area contributed by atoms with Crippen LogP contribution in [0.2, 0.25) is 0 Å². The fourth-order valence-electron chi connectivity index (χ4n) is 4.63. The van der Waals surface area contributed by atoms with Crippen molar-refractivity contribution in [3.63, 3.8) is 0 Å². The van der Waals surface area contributed by atoms with E-state index in [2.05, 4.69) is 86.8 Å². The van der Waals surface area contributed by atoms with Gasteiger partial charge in [-0.15, -0.1) is 0 Å². The quantitative estimate of drug-likeness (QED) is 0.0228. The molecule has 0 radical (unpaired) electrons. The maximum absolute atomic E-state index is 12.6. The third-order valence-electron chi connectivity index (χ3n) is 7.70. The summed E-state index contributed by atoms with van der Waals surface area (Å²) in [5.74, 6) is -0.874. The molecule has 0 spiro atoms. The molecule has 0 aliphatic carbocycles. The number of rotatable bonds is 34. The lowest BCUT2D eigenvalue weighted by Gasteiger charge is -2.24. The van der Waals surface area contributed by atoms with Gasteiger partial charge in [-0.2, -0.15) is 0 Å². The van der Waals surface area contributed by atoms with Crippen molar-refractivity contribution in [3.05, 3.63) is 72.9 Å². The van der Waals surface area contributed by atoms with Crippen molar-refractivity contribution in [1.29, 1.82) is 0 Å². The minimum Gasteiger partial charge on any atom is -0.462 e. The third-order valence-corrected chi connectivity index (χ3v) is 8.69. The lowest BCUT2D eigenvalue weighted by molar-refractivity contribution is -0.870. The molecule has 9 nitrogen and oxygen atoms in total. The monoisotopic (exact) mass is 751 g/mol. The van der Waals surface area contributed by atoms with E-state index in [0.717, 1.165) is 83.5 Å². The number of unbranched alkanes of at least 4 members (excludes halogenated alkanes) is 8. The molecule has 0 bridgehead atoms. The third kappa shape index (κ3) is 37.2. The molecule has 2 atom stereocenters. The average molecular weight is 751 g/mol. The minimum atomic E-state index is -4.39. The van der Waals surface area contributed by atoms with E-state index in [1.54, 1.807) is 0 Å². The van der Waals surface area contributed by atoms with E-state index in [1.165, 1.54) is 6.42 Å². The first-order valence-electron chi connectivity index (χ1n) is 19.7. The van der Waals surface area contributed by atoms with E-state index in [1.807, 2.05) is 21.1 Å². The second-order valence-electron chi connectivity index (χ2n) is 13.9. The fraction of sp³-hybridized carbons (Fsp3) is 0.667. The van der Waals surface area contributed by atoms with Crippen LogP contribution >= 0.6 is 7.82 Å². The Balaban J connectivity index is 4.54. The fourth-order valence-corrected chi connectivity index (χ4v) is 5.37. The molecular formula is C42H73NO8P+. The summed E-state index contributed by atoms with van der Waals surface area (Å²) in [6, 6.07) is 0. The van der Waals surface area contributed by atoms with Crippen molar-refractivity contribution in [2.75, 3.05) is 47.5 Å². The molecule has 298 valence electrons. The zero-order valence-electron chi connectivity index (χ0n) is 33.3. The van der Waals surface area contributed by atoms with Gasteiger partial charge in [0.2, 0.25) is 0 Å². The summed E-state index contributed by atoms with van der Waals surface area (Å²) in [7, 11) is 1.42. The molecule has 0 aliphatic heterocycles. The Kier molecular flexibility index (Phi) is 32.6. The lowest BCUT2D eigenvalue weighted by atomic mass is 10.1. The number of phosphoric acid groups is 1. The first-order valence-corrected chi connectivity index (χ1v) is 21.2. The maximum Gasteiger partial charge on any atom is 0.472 e. The smallest absolute Gasteiger partial charge is 0.462 e. The van der Waals surface area contributed by atoms with E-state index in [9.17, 15) is 19.0 Å². The van der Waals surface area contributed by atoms with E-state index in [4.69, 9.17) is 18.5 Å². The van der Waals surface area contributed by atoms with Crippen molar-refractivity contribution < 1.29 is 42.1 Å². The molecular weight excluding hydrogens is 677 g/mol. The van der Waals surface area contributed by atoms with Crippen LogP contribution in [0.4, 0.5) is 0 Å². The zero-order chi connectivity index (χ0) is 38.6. The number of hydrogen-bond acceptors (Lipinski definition) is 7. The number of likely N-dealkylation sites (N-methyl/N-ethyl adjacent to an activating group) is 1. The highest BCUT2D eigenvalue weighted by Crippen LogP contribution is 2.43. The highest BCUT2D eigenvalue weighted by Gasteiger charge is 2.27. The predicted molar refractivity (Wildman–Crippen MR) is 215 cm³/mol. The molecule has 0 aliphatic rings. The zero-order valence-corrected chi connectivity index (χ0v) is 34.2. The first-order chi connectivity index (χ1) is 25.0. The Labute approximate surface area is 317 Å². The molecule has 52 heavy (non-hydrogen) atoms. The molecule has 0 amide bonds. The molecule has 0 aromatic heterocycles. The molecule has 0 aromatic carbocycles. The van der Waals surface area contributed by atoms with Crippen molar-refractivity contribution in [1.82, 2.24) is 0 Å². The van der Waals surface area contributed by atoms with E-state index in [-0.39, 0.29) is 26.1 Å². The van der Waals surface area contributed by atoms with Crippen LogP contribution in [0.3, 0.4) is 0 Å². The maximum atomic E-state index is 12.6. The average Bonchev–Trinajstić information content (AvgIpc) is 3.09. The Bertz CT molecular complexity index is 1120. The number of esters is 2. The summed E-state index contributed by atoms with van der Waals surface area (Å²) in [6.07, 6.45) is 41.0. The second-order valence-corrected chi connectivity index (χ2v) is 15.4. The summed E-state index contributed by atoms with van der Waals surface area (Å²) in [6.45, 7) is 4.14. The van der Waals surface area contributed by atoms with Gasteiger partial charge in [0.05, 0.1) is 27.7 Å². The lowest BCUT2D eigenvalue weighted by Crippen LogP contribution is -2.37. The van der Waals surface area contributed by atoms with Gasteiger partial charge < -0.3 is 18.9 Å². The van der Waals surface area contributed by atoms with Crippen LogP contribution in [0.15, 0.2) is 72.9 Å². The Morgan fingerprint density at radius 2 is 1.10 bits per heavy atom. The molecule has 0 aromatic rings. The topological polar surface area (TPSA) is 108 Å². The van der Waals surface area contributed by atoms with E-state index in [0.29, 0.717) is 23.9 Å². The minimum absolute atomic E-state index is 0.0173. The summed E-state index contributed by atoms with van der Waals surface area (Å²) in [5.41, 5.74) is 0. The molecule has 0 fully saturated rings. The standard InChI is InChI=1S/C42H72NO8P/c1-6-8-10-12-14-16-18-20-21-23-25-27-29-31-33-35-42(45)51-40(39-50-52(46,47)49-37-36-43(3,4)5)38-48-41(44)34-32-30-28-26-24-22-19-17-15-13-11-9-7-2/h8,10-11,13-14,16-17,19-21,25,27,40H,6-7,9,12,15,18,22-24,26,28-39H2,1-5H3/p+1/b10-8-,13-11-,16-14-,19-17-,21-20-,27-25-. The second kappa shape index (κ2) is 34.2. The van der Waals surface area contributed by atoms with Gasteiger partial charge in [0.25, 0.3) is 0 Å². The van der Waals surface area contributed by atoms with Crippen molar-refractivity contribution >= 4 is 19.8 Å². The number of allylic oxidation sites excluding steroid dienone is 12. The molecule has 2 unspecified atom stereocenters. The van der Waals surface area contributed by atoms with E-state index < -0.39 is 32.5 Å². The molecule has 0 heterocycles. The van der Waals surface area contributed by atoms with Gasteiger partial charge in [0, 0.05) is 12.8 Å². The van der Waals surface area contributed by atoms with Crippen LogP contribution in [0.5, 0.6) is 0 Å². The van der Waals surface area contributed by atoms with Gasteiger partial charge in [-0.3, -0.25) is 18.6 Å². The van der Waals surface area contributed by atoms with Crippen LogP contribution in [-0.2, 0) is 32.7 Å². The van der Waals surface area contributed by atoms with Gasteiger partial charge in [0.15, 0.2) is 6.10 Å². The number of nitrogens with zero attached hydrogens (tertiary/aromatic N) is 1. The number of quaternary nitrogens is 1. The van der Waals surface area contributed by atoms with Gasteiger partial charge >= 0.3 is 19.8 Å². The van der Waals surface area contributed by atoms with Gasteiger partial charge in [-0.1, -0.05) is 112 Å². The number of hydrogen-bond donors (Lipinski definition) is 1. The van der Waals surface area contributed by atoms with Gasteiger partial charge in [0.1, 0.15) is 19.8 Å². The Morgan fingerprint density at radius 3 is 1.67 bits per heavy atom. The molecule has 1 N–H and O–H groups in total. The van der Waals surface area contributed by atoms with E-state index >= 15 is 0 Å². The predicted octanol–water partition coefficient (Wildman–Crippen LogP) is 10.7. The van der Waals surface area contributed by atoms with Crippen molar-refractivity contribution in [2.24, 2.45) is 0 Å². The van der Waals surface area contributed by atoms with Crippen LogP contribution in [0.25, 0.3) is 0 Å². The van der Waals surface area contributed by atoms with Crippen LogP contribution < -0.4 is 0 Å². The number of carbonyl (C=O) groups is 2. The molecule has 0 saturated carbocycles. The normalized spacial score (nSPS) is 14.5. The SMILES string of the molecule is CC/C=C\C/C=C\C/C=C\C/C=C\CCCCC(=O)OC(COC(=O)CCCCCCC/C=C\C/C=C\CCC)COP(=O)(O)OCC[N+](C)(C)C. The van der Waals surface area contributed by atoms with Crippen LogP contribution in [0, 0.1) is 0 Å².